The second-order valence-electron chi connectivity index (χ2n) is 6.71. The second-order valence-corrected chi connectivity index (χ2v) is 6.71. The molecule has 1 aliphatic rings. The Morgan fingerprint density at radius 3 is 2.55 bits per heavy atom. The summed E-state index contributed by atoms with van der Waals surface area (Å²) in [5, 5.41) is 10.9. The highest BCUT2D eigenvalue weighted by Crippen LogP contribution is 2.40. The van der Waals surface area contributed by atoms with E-state index in [-0.39, 0.29) is 11.3 Å². The number of hydrogen-bond acceptors (Lipinski definition) is 5. The Hall–Kier alpha value is -3.12. The van der Waals surface area contributed by atoms with Crippen molar-refractivity contribution in [1.82, 2.24) is 4.90 Å². The third kappa shape index (κ3) is 4.32. The third-order valence-corrected chi connectivity index (χ3v) is 4.82. The smallest absolute Gasteiger partial charge is 0.295 e. The lowest BCUT2D eigenvalue weighted by atomic mass is 9.95. The van der Waals surface area contributed by atoms with E-state index < -0.39 is 17.7 Å². The minimum absolute atomic E-state index is 0.0901. The van der Waals surface area contributed by atoms with E-state index in [1.165, 1.54) is 4.90 Å². The highest BCUT2D eigenvalue weighted by Gasteiger charge is 2.45. The molecule has 0 radical (unpaired) electrons. The molecule has 152 valence electrons. The predicted molar refractivity (Wildman–Crippen MR) is 110 cm³/mol. The average molecular weight is 395 g/mol. The number of carbonyl (C=O) groups excluding carboxylic acids is 2. The third-order valence-electron chi connectivity index (χ3n) is 4.82. The van der Waals surface area contributed by atoms with Gasteiger partial charge in [0.25, 0.3) is 11.7 Å². The van der Waals surface area contributed by atoms with Crippen molar-refractivity contribution in [3.05, 3.63) is 71.3 Å². The topological polar surface area (TPSA) is 76.1 Å². The molecule has 2 aromatic carbocycles. The van der Waals surface area contributed by atoms with Gasteiger partial charge in [-0.1, -0.05) is 42.5 Å². The molecule has 1 amide bonds. The molecule has 0 aromatic heterocycles. The number of nitrogens with zero attached hydrogens (tertiary/aromatic N) is 1. The van der Waals surface area contributed by atoms with Crippen molar-refractivity contribution in [2.75, 3.05) is 26.9 Å². The van der Waals surface area contributed by atoms with Crippen LogP contribution < -0.4 is 4.74 Å². The number of methoxy groups -OCH3 is 1. The molecule has 0 saturated carbocycles. The molecular formula is C23H25NO5. The largest absolute Gasteiger partial charge is 0.507 e. The van der Waals surface area contributed by atoms with Crippen LogP contribution in [0.1, 0.15) is 30.5 Å². The summed E-state index contributed by atoms with van der Waals surface area (Å²) >= 11 is 0. The highest BCUT2D eigenvalue weighted by atomic mass is 16.5. The lowest BCUT2D eigenvalue weighted by molar-refractivity contribution is -0.140. The fraction of sp³-hybridized carbons (Fsp3) is 0.304. The summed E-state index contributed by atoms with van der Waals surface area (Å²) in [5.74, 6) is -0.835. The van der Waals surface area contributed by atoms with Crippen LogP contribution in [0.15, 0.2) is 60.2 Å². The van der Waals surface area contributed by atoms with Crippen LogP contribution in [0.5, 0.6) is 5.75 Å². The Morgan fingerprint density at radius 1 is 1.10 bits per heavy atom. The van der Waals surface area contributed by atoms with Gasteiger partial charge in [0, 0.05) is 25.8 Å². The van der Waals surface area contributed by atoms with Crippen molar-refractivity contribution in [2.45, 2.75) is 19.4 Å². The summed E-state index contributed by atoms with van der Waals surface area (Å²) in [6, 6.07) is 15.4. The van der Waals surface area contributed by atoms with Gasteiger partial charge in [0.2, 0.25) is 0 Å². The molecule has 1 saturated heterocycles. The van der Waals surface area contributed by atoms with Crippen LogP contribution in [0.4, 0.5) is 0 Å². The van der Waals surface area contributed by atoms with Gasteiger partial charge in [0.05, 0.1) is 18.2 Å². The number of carbonyl (C=O) groups is 2. The van der Waals surface area contributed by atoms with E-state index in [2.05, 4.69) is 0 Å². The molecule has 0 spiro atoms. The maximum Gasteiger partial charge on any atom is 0.295 e. The quantitative estimate of drug-likeness (QED) is 0.320. The first-order chi connectivity index (χ1) is 14.1. The van der Waals surface area contributed by atoms with Crippen LogP contribution in [0.2, 0.25) is 0 Å². The van der Waals surface area contributed by atoms with Crippen LogP contribution >= 0.6 is 0 Å². The molecule has 1 aliphatic heterocycles. The number of hydrogen-bond donors (Lipinski definition) is 1. The number of ketones is 1. The predicted octanol–water partition coefficient (Wildman–Crippen LogP) is 3.54. The highest BCUT2D eigenvalue weighted by molar-refractivity contribution is 6.46. The Labute approximate surface area is 170 Å². The van der Waals surface area contributed by atoms with E-state index in [1.54, 1.807) is 31.4 Å². The van der Waals surface area contributed by atoms with Gasteiger partial charge >= 0.3 is 0 Å². The zero-order valence-corrected chi connectivity index (χ0v) is 16.6. The first kappa shape index (κ1) is 20.6. The van der Waals surface area contributed by atoms with Crippen molar-refractivity contribution >= 4 is 17.4 Å². The van der Waals surface area contributed by atoms with Crippen molar-refractivity contribution in [3.63, 3.8) is 0 Å². The molecule has 1 unspecified atom stereocenters. The monoisotopic (exact) mass is 395 g/mol. The van der Waals surface area contributed by atoms with Gasteiger partial charge in [-0.25, -0.2) is 0 Å². The lowest BCUT2D eigenvalue weighted by Gasteiger charge is -2.25. The number of benzene rings is 2. The average Bonchev–Trinajstić information content (AvgIpc) is 2.99. The van der Waals surface area contributed by atoms with Crippen molar-refractivity contribution in [3.8, 4) is 5.75 Å². The first-order valence-electron chi connectivity index (χ1n) is 9.64. The molecule has 1 fully saturated rings. The number of amides is 1. The van der Waals surface area contributed by atoms with Crippen molar-refractivity contribution < 1.29 is 24.2 Å². The molecule has 2 aromatic rings. The minimum Gasteiger partial charge on any atom is -0.507 e. The normalized spacial score (nSPS) is 18.3. The number of rotatable bonds is 8. The van der Waals surface area contributed by atoms with E-state index in [4.69, 9.17) is 9.47 Å². The van der Waals surface area contributed by atoms with E-state index in [1.807, 2.05) is 37.3 Å². The minimum atomic E-state index is -0.688. The second kappa shape index (κ2) is 9.39. The van der Waals surface area contributed by atoms with Gasteiger partial charge in [-0.15, -0.1) is 0 Å². The van der Waals surface area contributed by atoms with E-state index in [0.29, 0.717) is 43.1 Å². The molecule has 1 heterocycles. The van der Waals surface area contributed by atoms with Gasteiger partial charge in [-0.2, -0.15) is 0 Å². The van der Waals surface area contributed by atoms with Gasteiger partial charge in [-0.05, 0) is 31.0 Å². The van der Waals surface area contributed by atoms with Gasteiger partial charge in [0.15, 0.2) is 0 Å². The van der Waals surface area contributed by atoms with E-state index >= 15 is 0 Å². The maximum absolute atomic E-state index is 12.9. The van der Waals surface area contributed by atoms with Crippen molar-refractivity contribution in [2.24, 2.45) is 0 Å². The fourth-order valence-electron chi connectivity index (χ4n) is 3.53. The number of likely N-dealkylation sites (tertiary alicyclic amines) is 1. The summed E-state index contributed by atoms with van der Waals surface area (Å²) in [4.78, 5) is 27.2. The number of aliphatic hydroxyl groups excluding tert-OH is 1. The molecule has 6 nitrogen and oxygen atoms in total. The Bertz CT molecular complexity index is 906. The molecular weight excluding hydrogens is 370 g/mol. The Balaban J connectivity index is 2.11. The standard InChI is InChI=1S/C23H25NO5/c1-3-29-18-12-7-11-17(15-18)20-19(21(25)16-9-5-4-6-10-16)22(26)23(27)24(20)13-8-14-28-2/h4-7,9-12,15,20,25H,3,8,13-14H2,1-2H3/b21-19+. The summed E-state index contributed by atoms with van der Waals surface area (Å²) in [6.45, 7) is 3.20. The molecule has 6 heteroatoms. The molecule has 0 aliphatic carbocycles. The lowest BCUT2D eigenvalue weighted by Crippen LogP contribution is -2.31. The maximum atomic E-state index is 12.9. The number of ether oxygens (including phenoxy) is 2. The summed E-state index contributed by atoms with van der Waals surface area (Å²) in [6.07, 6.45) is 0.580. The molecule has 1 atom stereocenters. The van der Waals surface area contributed by atoms with Crippen LogP contribution in [0.3, 0.4) is 0 Å². The summed E-state index contributed by atoms with van der Waals surface area (Å²) in [5.41, 5.74) is 1.30. The van der Waals surface area contributed by atoms with E-state index in [9.17, 15) is 14.7 Å². The van der Waals surface area contributed by atoms with Crippen LogP contribution in [-0.4, -0.2) is 48.6 Å². The zero-order chi connectivity index (χ0) is 20.8. The SMILES string of the molecule is CCOc1cccc(C2/C(=C(\O)c3ccccc3)C(=O)C(=O)N2CCCOC)c1. The zero-order valence-electron chi connectivity index (χ0n) is 16.6. The first-order valence-corrected chi connectivity index (χ1v) is 9.64. The van der Waals surface area contributed by atoms with Gasteiger partial charge in [0.1, 0.15) is 11.5 Å². The van der Waals surface area contributed by atoms with Crippen LogP contribution in [0, 0.1) is 0 Å². The molecule has 1 N–H and O–H groups in total. The molecule has 0 bridgehead atoms. The summed E-state index contributed by atoms with van der Waals surface area (Å²) < 4.78 is 10.7. The molecule has 29 heavy (non-hydrogen) atoms. The number of aliphatic hydroxyl groups is 1. The fourth-order valence-corrected chi connectivity index (χ4v) is 3.53. The molecule has 3 rings (SSSR count). The van der Waals surface area contributed by atoms with Crippen LogP contribution in [-0.2, 0) is 14.3 Å². The van der Waals surface area contributed by atoms with Gasteiger partial charge in [-0.3, -0.25) is 9.59 Å². The number of Topliss-reactive ketones (excluding diaryl/α,β-unsaturated/α-hetero) is 1. The Kier molecular flexibility index (Phi) is 6.67. The van der Waals surface area contributed by atoms with Crippen molar-refractivity contribution in [1.29, 1.82) is 0 Å². The Morgan fingerprint density at radius 2 is 1.86 bits per heavy atom. The summed E-state index contributed by atoms with van der Waals surface area (Å²) in [7, 11) is 1.59. The van der Waals surface area contributed by atoms with Crippen LogP contribution in [0.25, 0.3) is 5.76 Å². The van der Waals surface area contributed by atoms with Gasteiger partial charge < -0.3 is 19.5 Å². The van der Waals surface area contributed by atoms with E-state index in [0.717, 1.165) is 0 Å².